The predicted molar refractivity (Wildman–Crippen MR) is 96.8 cm³/mol. The summed E-state index contributed by atoms with van der Waals surface area (Å²) in [5.74, 6) is -0.330. The van der Waals surface area contributed by atoms with Gasteiger partial charge in [-0.25, -0.2) is 13.1 Å². The zero-order valence-electron chi connectivity index (χ0n) is 14.2. The van der Waals surface area contributed by atoms with Crippen LogP contribution in [0.3, 0.4) is 0 Å². The van der Waals surface area contributed by atoms with E-state index < -0.39 is 15.4 Å². The van der Waals surface area contributed by atoms with Crippen LogP contribution in [0.15, 0.2) is 40.6 Å². The summed E-state index contributed by atoms with van der Waals surface area (Å²) in [5, 5.41) is 11.9. The number of hydrogen-bond donors (Lipinski definition) is 2. The number of thiophene rings is 1. The highest BCUT2D eigenvalue weighted by molar-refractivity contribution is 7.91. The maximum absolute atomic E-state index is 12.2. The molecule has 8 heteroatoms. The molecule has 1 aromatic heterocycles. The fourth-order valence-corrected chi connectivity index (χ4v) is 4.12. The standard InChI is InChI=1S/C17H19N3O3S2/c1-17(2,11-18)13-6-4-12(5-7-13)10-20-16(21)14-8-9-15(24-14)25(22,23)19-3/h4-9,19H,10H2,1-3H3,(H,20,21). The molecule has 0 atom stereocenters. The van der Waals surface area contributed by atoms with Crippen LogP contribution in [0.1, 0.15) is 34.6 Å². The zero-order valence-corrected chi connectivity index (χ0v) is 15.8. The van der Waals surface area contributed by atoms with E-state index in [1.54, 1.807) is 0 Å². The number of carbonyl (C=O) groups excluding carboxylic acids is 1. The van der Waals surface area contributed by atoms with Crippen molar-refractivity contribution >= 4 is 27.3 Å². The molecule has 0 saturated heterocycles. The Morgan fingerprint density at radius 1 is 1.20 bits per heavy atom. The molecule has 25 heavy (non-hydrogen) atoms. The Hall–Kier alpha value is -2.21. The highest BCUT2D eigenvalue weighted by Crippen LogP contribution is 2.23. The maximum Gasteiger partial charge on any atom is 0.261 e. The number of nitrogens with one attached hydrogen (secondary N) is 2. The molecule has 6 nitrogen and oxygen atoms in total. The summed E-state index contributed by atoms with van der Waals surface area (Å²) in [5.41, 5.74) is 1.24. The Kier molecular flexibility index (Phi) is 5.62. The summed E-state index contributed by atoms with van der Waals surface area (Å²) in [6.45, 7) is 4.01. The van der Waals surface area contributed by atoms with Gasteiger partial charge in [-0.1, -0.05) is 24.3 Å². The Labute approximate surface area is 151 Å². The van der Waals surface area contributed by atoms with Crippen LogP contribution in [0.4, 0.5) is 0 Å². The van der Waals surface area contributed by atoms with Gasteiger partial charge in [-0.2, -0.15) is 5.26 Å². The van der Waals surface area contributed by atoms with E-state index in [1.165, 1.54) is 19.2 Å². The van der Waals surface area contributed by atoms with Crippen molar-refractivity contribution in [3.8, 4) is 6.07 Å². The molecular weight excluding hydrogens is 358 g/mol. The molecule has 0 aliphatic carbocycles. The number of carbonyl (C=O) groups is 1. The lowest BCUT2D eigenvalue weighted by Crippen LogP contribution is -2.22. The zero-order chi connectivity index (χ0) is 18.7. The summed E-state index contributed by atoms with van der Waals surface area (Å²) >= 11 is 0.918. The molecular formula is C17H19N3O3S2. The molecule has 2 aromatic rings. The average molecular weight is 377 g/mol. The Balaban J connectivity index is 2.02. The van der Waals surface area contributed by atoms with Crippen molar-refractivity contribution in [3.63, 3.8) is 0 Å². The SMILES string of the molecule is CNS(=O)(=O)c1ccc(C(=O)NCc2ccc(C(C)(C)C#N)cc2)s1. The molecule has 0 bridgehead atoms. The van der Waals surface area contributed by atoms with Crippen LogP contribution in [-0.2, 0) is 22.0 Å². The van der Waals surface area contributed by atoms with Gasteiger partial charge in [-0.15, -0.1) is 11.3 Å². The van der Waals surface area contributed by atoms with E-state index in [0.29, 0.717) is 11.4 Å². The first kappa shape index (κ1) is 19.1. The minimum absolute atomic E-state index is 0.100. The summed E-state index contributed by atoms with van der Waals surface area (Å²) in [7, 11) is -2.21. The van der Waals surface area contributed by atoms with Gasteiger partial charge in [0.2, 0.25) is 10.0 Å². The minimum Gasteiger partial charge on any atom is -0.347 e. The third-order valence-electron chi connectivity index (χ3n) is 3.75. The Bertz CT molecular complexity index is 907. The van der Waals surface area contributed by atoms with Gasteiger partial charge in [-0.05, 0) is 44.2 Å². The molecule has 1 aromatic carbocycles. The minimum atomic E-state index is -3.54. The van der Waals surface area contributed by atoms with Crippen LogP contribution < -0.4 is 10.0 Å². The van der Waals surface area contributed by atoms with Crippen LogP contribution in [0, 0.1) is 11.3 Å². The predicted octanol–water partition coefficient (Wildman–Crippen LogP) is 2.39. The van der Waals surface area contributed by atoms with E-state index >= 15 is 0 Å². The van der Waals surface area contributed by atoms with Gasteiger partial charge in [0, 0.05) is 6.54 Å². The molecule has 1 heterocycles. The molecule has 0 aliphatic heterocycles. The van der Waals surface area contributed by atoms with Gasteiger partial charge in [0.15, 0.2) is 0 Å². The third kappa shape index (κ3) is 4.45. The normalized spacial score (nSPS) is 11.8. The summed E-state index contributed by atoms with van der Waals surface area (Å²) in [4.78, 5) is 12.5. The van der Waals surface area contributed by atoms with Crippen molar-refractivity contribution in [1.82, 2.24) is 10.0 Å². The second-order valence-electron chi connectivity index (χ2n) is 5.94. The summed E-state index contributed by atoms with van der Waals surface area (Å²) in [6.07, 6.45) is 0. The number of benzene rings is 1. The molecule has 132 valence electrons. The number of nitrogens with zero attached hydrogens (tertiary/aromatic N) is 1. The monoisotopic (exact) mass is 377 g/mol. The van der Waals surface area contributed by atoms with Crippen molar-refractivity contribution in [3.05, 3.63) is 52.4 Å². The molecule has 0 spiro atoms. The van der Waals surface area contributed by atoms with E-state index in [4.69, 9.17) is 5.26 Å². The van der Waals surface area contributed by atoms with Crippen molar-refractivity contribution in [2.24, 2.45) is 0 Å². The topological polar surface area (TPSA) is 99.1 Å². The van der Waals surface area contributed by atoms with E-state index in [1.807, 2.05) is 38.1 Å². The molecule has 2 rings (SSSR count). The third-order valence-corrected chi connectivity index (χ3v) is 6.74. The molecule has 0 unspecified atom stereocenters. The van der Waals surface area contributed by atoms with Crippen LogP contribution in [-0.4, -0.2) is 21.4 Å². The number of nitriles is 1. The van der Waals surface area contributed by atoms with E-state index in [-0.39, 0.29) is 10.1 Å². The van der Waals surface area contributed by atoms with Crippen molar-refractivity contribution < 1.29 is 13.2 Å². The highest BCUT2D eigenvalue weighted by atomic mass is 32.2. The summed E-state index contributed by atoms with van der Waals surface area (Å²) in [6, 6.07) is 12.6. The van der Waals surface area contributed by atoms with Crippen molar-refractivity contribution in [2.75, 3.05) is 7.05 Å². The maximum atomic E-state index is 12.2. The fourth-order valence-electron chi connectivity index (χ4n) is 2.06. The van der Waals surface area contributed by atoms with Gasteiger partial charge in [0.05, 0.1) is 16.4 Å². The number of amides is 1. The molecule has 0 radical (unpaired) electrons. The van der Waals surface area contributed by atoms with E-state index in [2.05, 4.69) is 16.1 Å². The lowest BCUT2D eigenvalue weighted by Gasteiger charge is -2.16. The molecule has 0 saturated carbocycles. The fraction of sp³-hybridized carbons (Fsp3) is 0.294. The second kappa shape index (κ2) is 7.35. The van der Waals surface area contributed by atoms with Gasteiger partial charge >= 0.3 is 0 Å². The highest BCUT2D eigenvalue weighted by Gasteiger charge is 2.19. The number of hydrogen-bond acceptors (Lipinski definition) is 5. The van der Waals surface area contributed by atoms with Gasteiger partial charge in [0.1, 0.15) is 4.21 Å². The van der Waals surface area contributed by atoms with Crippen molar-refractivity contribution in [1.29, 1.82) is 5.26 Å². The van der Waals surface area contributed by atoms with Gasteiger partial charge < -0.3 is 5.32 Å². The van der Waals surface area contributed by atoms with Crippen LogP contribution >= 0.6 is 11.3 Å². The van der Waals surface area contributed by atoms with Gasteiger partial charge in [-0.3, -0.25) is 4.79 Å². The van der Waals surface area contributed by atoms with Crippen LogP contribution in [0.25, 0.3) is 0 Å². The van der Waals surface area contributed by atoms with E-state index in [0.717, 1.165) is 22.5 Å². The van der Waals surface area contributed by atoms with Crippen LogP contribution in [0.5, 0.6) is 0 Å². The largest absolute Gasteiger partial charge is 0.347 e. The first-order chi connectivity index (χ1) is 11.7. The Morgan fingerprint density at radius 3 is 2.40 bits per heavy atom. The number of rotatable bonds is 6. The van der Waals surface area contributed by atoms with E-state index in [9.17, 15) is 13.2 Å². The lowest BCUT2D eigenvalue weighted by molar-refractivity contribution is 0.0955. The quantitative estimate of drug-likeness (QED) is 0.807. The first-order valence-corrected chi connectivity index (χ1v) is 9.82. The van der Waals surface area contributed by atoms with Crippen molar-refractivity contribution in [2.45, 2.75) is 30.0 Å². The molecule has 2 N–H and O–H groups in total. The summed E-state index contributed by atoms with van der Waals surface area (Å²) < 4.78 is 25.7. The second-order valence-corrected chi connectivity index (χ2v) is 9.14. The smallest absolute Gasteiger partial charge is 0.261 e. The average Bonchev–Trinajstić information content (AvgIpc) is 3.11. The first-order valence-electron chi connectivity index (χ1n) is 7.52. The van der Waals surface area contributed by atoms with Gasteiger partial charge in [0.25, 0.3) is 5.91 Å². The molecule has 1 amide bonds. The Morgan fingerprint density at radius 2 is 1.84 bits per heavy atom. The lowest BCUT2D eigenvalue weighted by atomic mass is 9.86. The molecule has 0 aliphatic rings. The number of sulfonamides is 1. The van der Waals surface area contributed by atoms with Crippen LogP contribution in [0.2, 0.25) is 0 Å². The molecule has 0 fully saturated rings.